The first-order valence-corrected chi connectivity index (χ1v) is 10.2. The van der Waals surface area contributed by atoms with Crippen LogP contribution in [0.25, 0.3) is 0 Å². The fraction of sp³-hybridized carbons (Fsp3) is 0.556. The van der Waals surface area contributed by atoms with Crippen LogP contribution in [0, 0.1) is 5.92 Å². The zero-order valence-electron chi connectivity index (χ0n) is 15.2. The molecule has 1 atom stereocenters. The van der Waals surface area contributed by atoms with E-state index in [2.05, 4.69) is 9.71 Å². The summed E-state index contributed by atoms with van der Waals surface area (Å²) in [7, 11) is -1.92. The second-order valence-corrected chi connectivity index (χ2v) is 8.15. The molecule has 1 fully saturated rings. The Morgan fingerprint density at radius 3 is 2.80 bits per heavy atom. The maximum atomic E-state index is 12.7. The lowest BCUT2D eigenvalue weighted by atomic mass is 10.1. The Bertz CT molecular complexity index is 744. The summed E-state index contributed by atoms with van der Waals surface area (Å²) < 4.78 is 29.4. The first-order valence-electron chi connectivity index (χ1n) is 8.79. The molecule has 6 nitrogen and oxygen atoms in total. The monoisotopic (exact) mass is 365 g/mol. The first-order chi connectivity index (χ1) is 11.8. The molecule has 0 radical (unpaired) electrons. The largest absolute Gasteiger partial charge is 0.362 e. The highest BCUT2D eigenvalue weighted by molar-refractivity contribution is 7.90. The average molecular weight is 365 g/mol. The number of anilines is 1. The lowest BCUT2D eigenvalue weighted by Gasteiger charge is -2.17. The number of amides is 1. The molecule has 0 saturated carbocycles. The minimum absolute atomic E-state index is 0.0969. The van der Waals surface area contributed by atoms with Gasteiger partial charge in [0.05, 0.1) is 4.90 Å². The summed E-state index contributed by atoms with van der Waals surface area (Å²) in [6.07, 6.45) is 4.47. The van der Waals surface area contributed by atoms with Gasteiger partial charge in [0, 0.05) is 31.6 Å². The van der Waals surface area contributed by atoms with Crippen molar-refractivity contribution in [2.45, 2.75) is 50.8 Å². The van der Waals surface area contributed by atoms with E-state index < -0.39 is 10.0 Å². The Balaban J connectivity index is 2.24. The van der Waals surface area contributed by atoms with Crippen molar-refractivity contribution < 1.29 is 13.2 Å². The summed E-state index contributed by atoms with van der Waals surface area (Å²) in [5, 5.41) is 2.77. The van der Waals surface area contributed by atoms with E-state index in [4.69, 9.17) is 0 Å². The van der Waals surface area contributed by atoms with E-state index in [1.54, 1.807) is 12.1 Å². The molecule has 0 aliphatic carbocycles. The molecule has 1 amide bonds. The summed E-state index contributed by atoms with van der Waals surface area (Å²) >= 11 is 0. The molecule has 1 N–H and O–H groups in total. The smallest absolute Gasteiger partial charge is 0.284 e. The quantitative estimate of drug-likeness (QED) is 0.868. The summed E-state index contributed by atoms with van der Waals surface area (Å²) in [4.78, 5) is 14.0. The third-order valence-corrected chi connectivity index (χ3v) is 5.82. The molecule has 2 rings (SSSR count). The van der Waals surface area contributed by atoms with Crippen molar-refractivity contribution in [3.05, 3.63) is 24.3 Å². The van der Waals surface area contributed by atoms with Gasteiger partial charge in [-0.3, -0.25) is 4.79 Å². The number of hydrogen-bond donors (Lipinski definition) is 1. The van der Waals surface area contributed by atoms with Crippen molar-refractivity contribution >= 4 is 27.5 Å². The van der Waals surface area contributed by atoms with Gasteiger partial charge in [0.2, 0.25) is 5.91 Å². The molecular weight excluding hydrogens is 338 g/mol. The summed E-state index contributed by atoms with van der Waals surface area (Å²) in [5.41, 5.74) is 0.473. The zero-order valence-corrected chi connectivity index (χ0v) is 16.0. The van der Waals surface area contributed by atoms with Gasteiger partial charge in [-0.2, -0.15) is 8.42 Å². The Morgan fingerprint density at radius 1 is 1.32 bits per heavy atom. The van der Waals surface area contributed by atoms with E-state index in [-0.39, 0.29) is 16.7 Å². The number of sulfonamides is 1. The van der Waals surface area contributed by atoms with Gasteiger partial charge in [0.15, 0.2) is 0 Å². The second kappa shape index (κ2) is 8.47. The van der Waals surface area contributed by atoms with Gasteiger partial charge < -0.3 is 10.2 Å². The molecule has 1 heterocycles. The molecular formula is C18H27N3O3S. The van der Waals surface area contributed by atoms with Crippen LogP contribution in [0.4, 0.5) is 5.69 Å². The van der Waals surface area contributed by atoms with Crippen molar-refractivity contribution in [2.75, 3.05) is 18.9 Å². The van der Waals surface area contributed by atoms with Crippen LogP contribution in [0.2, 0.25) is 0 Å². The normalized spacial score (nSPS) is 18.7. The van der Waals surface area contributed by atoms with Crippen molar-refractivity contribution in [2.24, 2.45) is 10.3 Å². The number of nitrogens with zero attached hydrogens (tertiary/aromatic N) is 2. The van der Waals surface area contributed by atoms with Gasteiger partial charge in [-0.15, -0.1) is 4.40 Å². The standard InChI is InChI=1S/C18H27N3O3S/c1-4-14(2)18(22)19-15-9-8-10-16(13-15)25(23,24)20-17-11-6-5-7-12-21(17)3/h8-10,13-14H,4-7,11-12H2,1-3H3,(H,19,22)/b20-17-. The summed E-state index contributed by atoms with van der Waals surface area (Å²) in [6.45, 7) is 4.59. The minimum atomic E-state index is -3.80. The highest BCUT2D eigenvalue weighted by Crippen LogP contribution is 2.20. The van der Waals surface area contributed by atoms with E-state index in [0.29, 0.717) is 17.9 Å². The topological polar surface area (TPSA) is 78.8 Å². The van der Waals surface area contributed by atoms with E-state index in [1.165, 1.54) is 12.1 Å². The molecule has 138 valence electrons. The molecule has 1 unspecified atom stereocenters. The molecule has 0 spiro atoms. The number of amidine groups is 1. The number of carbonyl (C=O) groups excluding carboxylic acids is 1. The van der Waals surface area contributed by atoms with Gasteiger partial charge in [-0.25, -0.2) is 0 Å². The SMILES string of the molecule is CCC(C)C(=O)Nc1cccc(S(=O)(=O)/N=C2/CCCCCN2C)c1. The maximum absolute atomic E-state index is 12.7. The van der Waals surface area contributed by atoms with Gasteiger partial charge >= 0.3 is 0 Å². The number of likely N-dealkylation sites (tertiary alicyclic amines) is 1. The van der Waals surface area contributed by atoms with Crippen molar-refractivity contribution in [1.29, 1.82) is 0 Å². The minimum Gasteiger partial charge on any atom is -0.362 e. The van der Waals surface area contributed by atoms with E-state index in [1.807, 2.05) is 25.8 Å². The molecule has 0 aromatic heterocycles. The number of rotatable bonds is 5. The molecule has 25 heavy (non-hydrogen) atoms. The van der Waals surface area contributed by atoms with Crippen LogP contribution in [0.15, 0.2) is 33.6 Å². The fourth-order valence-corrected chi connectivity index (χ4v) is 3.76. The summed E-state index contributed by atoms with van der Waals surface area (Å²) in [6, 6.07) is 6.28. The van der Waals surface area contributed by atoms with Crippen LogP contribution in [0.1, 0.15) is 46.0 Å². The first kappa shape index (κ1) is 19.4. The van der Waals surface area contributed by atoms with Gasteiger partial charge in [0.25, 0.3) is 10.0 Å². The summed E-state index contributed by atoms with van der Waals surface area (Å²) in [5.74, 6) is 0.360. The molecule has 7 heteroatoms. The lowest BCUT2D eigenvalue weighted by Crippen LogP contribution is -2.27. The van der Waals surface area contributed by atoms with Crippen molar-refractivity contribution in [3.63, 3.8) is 0 Å². The van der Waals surface area contributed by atoms with Gasteiger partial charge in [-0.1, -0.05) is 26.3 Å². The Morgan fingerprint density at radius 2 is 2.08 bits per heavy atom. The highest BCUT2D eigenvalue weighted by atomic mass is 32.2. The number of nitrogens with one attached hydrogen (secondary N) is 1. The predicted octanol–water partition coefficient (Wildman–Crippen LogP) is 3.26. The van der Waals surface area contributed by atoms with Crippen LogP contribution in [0.3, 0.4) is 0 Å². The Hall–Kier alpha value is -1.89. The third kappa shape index (κ3) is 5.29. The van der Waals surface area contributed by atoms with Crippen LogP contribution >= 0.6 is 0 Å². The Labute approximate surface area is 150 Å². The van der Waals surface area contributed by atoms with E-state index in [0.717, 1.165) is 32.2 Å². The van der Waals surface area contributed by atoms with Crippen LogP contribution in [-0.2, 0) is 14.8 Å². The van der Waals surface area contributed by atoms with Crippen LogP contribution < -0.4 is 5.32 Å². The maximum Gasteiger partial charge on any atom is 0.284 e. The number of hydrogen-bond acceptors (Lipinski definition) is 3. The number of carbonyl (C=O) groups is 1. The van der Waals surface area contributed by atoms with Crippen molar-refractivity contribution in [1.82, 2.24) is 4.90 Å². The van der Waals surface area contributed by atoms with Crippen LogP contribution in [-0.4, -0.2) is 38.7 Å². The highest BCUT2D eigenvalue weighted by Gasteiger charge is 2.19. The van der Waals surface area contributed by atoms with Gasteiger partial charge in [-0.05, 0) is 37.5 Å². The molecule has 1 aromatic rings. The lowest BCUT2D eigenvalue weighted by molar-refractivity contribution is -0.119. The zero-order chi connectivity index (χ0) is 18.4. The Kier molecular flexibility index (Phi) is 6.58. The molecule has 0 bridgehead atoms. The van der Waals surface area contributed by atoms with E-state index in [9.17, 15) is 13.2 Å². The molecule has 1 aliphatic rings. The number of benzene rings is 1. The molecule has 1 aliphatic heterocycles. The van der Waals surface area contributed by atoms with E-state index >= 15 is 0 Å². The van der Waals surface area contributed by atoms with Crippen LogP contribution in [0.5, 0.6) is 0 Å². The van der Waals surface area contributed by atoms with Crippen molar-refractivity contribution in [3.8, 4) is 0 Å². The molecule has 1 aromatic carbocycles. The second-order valence-electron chi connectivity index (χ2n) is 6.54. The molecule has 1 saturated heterocycles. The van der Waals surface area contributed by atoms with Gasteiger partial charge in [0.1, 0.15) is 5.84 Å². The third-order valence-electron chi connectivity index (χ3n) is 4.52. The predicted molar refractivity (Wildman–Crippen MR) is 100 cm³/mol. The fourth-order valence-electron chi connectivity index (χ4n) is 2.62. The average Bonchev–Trinajstić information content (AvgIpc) is 2.78.